The summed E-state index contributed by atoms with van der Waals surface area (Å²) < 4.78 is 5.37. The topological polar surface area (TPSA) is 111 Å². The molecule has 2 heterocycles. The van der Waals surface area contributed by atoms with Gasteiger partial charge in [0.15, 0.2) is 0 Å². The lowest BCUT2D eigenvalue weighted by molar-refractivity contribution is 0.0990. The van der Waals surface area contributed by atoms with Crippen LogP contribution in [0.3, 0.4) is 0 Å². The average Bonchev–Trinajstić information content (AvgIpc) is 3.43. The molecule has 8 nitrogen and oxygen atoms in total. The van der Waals surface area contributed by atoms with Gasteiger partial charge in [-0.15, -0.1) is 0 Å². The van der Waals surface area contributed by atoms with Crippen molar-refractivity contribution in [3.05, 3.63) is 54.1 Å². The van der Waals surface area contributed by atoms with Crippen LogP contribution in [0.25, 0.3) is 0 Å². The Kier molecular flexibility index (Phi) is 4.48. The van der Waals surface area contributed by atoms with Crippen LogP contribution in [0.2, 0.25) is 0 Å². The van der Waals surface area contributed by atoms with E-state index in [9.17, 15) is 15.2 Å². The van der Waals surface area contributed by atoms with Crippen molar-refractivity contribution >= 4 is 11.8 Å². The number of nitrogens with one attached hydrogen (secondary N) is 1. The second-order valence-corrected chi connectivity index (χ2v) is 6.80. The molecule has 2 aromatic rings. The normalized spacial score (nSPS) is 21.4. The van der Waals surface area contributed by atoms with Crippen LogP contribution in [0.15, 0.2) is 42.9 Å². The van der Waals surface area contributed by atoms with Crippen LogP contribution in [0.4, 0.5) is 10.5 Å². The highest BCUT2D eigenvalue weighted by Crippen LogP contribution is 2.47. The van der Waals surface area contributed by atoms with Gasteiger partial charge >= 0.3 is 6.09 Å². The molecule has 2 N–H and O–H groups in total. The second kappa shape index (κ2) is 6.95. The Morgan fingerprint density at radius 2 is 2.15 bits per heavy atom. The fourth-order valence-electron chi connectivity index (χ4n) is 3.19. The van der Waals surface area contributed by atoms with Crippen LogP contribution >= 0.6 is 0 Å². The summed E-state index contributed by atoms with van der Waals surface area (Å²) in [5.74, 6) is 0. The molecule has 2 fully saturated rings. The Bertz CT molecular complexity index is 861. The summed E-state index contributed by atoms with van der Waals surface area (Å²) in [6.45, 7) is 0.664. The van der Waals surface area contributed by atoms with Gasteiger partial charge in [-0.1, -0.05) is 12.1 Å². The van der Waals surface area contributed by atoms with Crippen LogP contribution in [-0.4, -0.2) is 40.4 Å². The van der Waals surface area contributed by atoms with Crippen LogP contribution in [-0.2, 0) is 10.2 Å². The zero-order chi connectivity index (χ0) is 18.9. The molecule has 2 unspecified atom stereocenters. The maximum absolute atomic E-state index is 12.2. The highest BCUT2D eigenvalue weighted by Gasteiger charge is 2.45. The molecule has 0 spiro atoms. The van der Waals surface area contributed by atoms with Gasteiger partial charge in [0.1, 0.15) is 18.0 Å². The van der Waals surface area contributed by atoms with E-state index in [2.05, 4.69) is 21.4 Å². The molecule has 8 heteroatoms. The minimum atomic E-state index is -0.980. The molecule has 0 radical (unpaired) electrons. The van der Waals surface area contributed by atoms with Gasteiger partial charge in [0, 0.05) is 24.6 Å². The quantitative estimate of drug-likeness (QED) is 0.749. The van der Waals surface area contributed by atoms with Gasteiger partial charge in [0.25, 0.3) is 0 Å². The Morgan fingerprint density at radius 1 is 1.37 bits per heavy atom. The van der Waals surface area contributed by atoms with Gasteiger partial charge in [0.2, 0.25) is 0 Å². The third-order valence-electron chi connectivity index (χ3n) is 4.97. The first kappa shape index (κ1) is 17.4. The zero-order valence-electron chi connectivity index (χ0n) is 14.6. The predicted molar refractivity (Wildman–Crippen MR) is 95.6 cm³/mol. The minimum absolute atomic E-state index is 0.287. The van der Waals surface area contributed by atoms with E-state index in [0.717, 1.165) is 24.1 Å². The number of anilines is 1. The summed E-state index contributed by atoms with van der Waals surface area (Å²) in [6.07, 6.45) is 4.47. The number of carbonyl (C=O) groups excluding carboxylic acids is 1. The molecule has 1 aliphatic heterocycles. The van der Waals surface area contributed by atoms with Gasteiger partial charge in [-0.3, -0.25) is 20.2 Å². The number of hydrogen-bond acceptors (Lipinski definition) is 7. The van der Waals surface area contributed by atoms with Crippen molar-refractivity contribution in [2.45, 2.75) is 30.6 Å². The first-order valence-corrected chi connectivity index (χ1v) is 8.79. The summed E-state index contributed by atoms with van der Waals surface area (Å²) in [7, 11) is 0. The number of aliphatic hydroxyl groups excluding tert-OH is 1. The molecule has 4 rings (SSSR count). The van der Waals surface area contributed by atoms with Crippen LogP contribution in [0.1, 0.15) is 30.3 Å². The summed E-state index contributed by atoms with van der Waals surface area (Å²) in [6, 6.07) is 9.87. The highest BCUT2D eigenvalue weighted by molar-refractivity contribution is 5.89. The number of nitriles is 1. The molecular weight excluding hydrogens is 346 g/mol. The van der Waals surface area contributed by atoms with E-state index in [4.69, 9.17) is 4.74 Å². The van der Waals surface area contributed by atoms with E-state index in [1.165, 1.54) is 18.6 Å². The van der Waals surface area contributed by atoms with Gasteiger partial charge in [0.05, 0.1) is 24.2 Å². The third kappa shape index (κ3) is 3.47. The number of rotatable bonds is 6. The lowest BCUT2D eigenvalue weighted by atomic mass is 9.97. The molecule has 1 aromatic heterocycles. The van der Waals surface area contributed by atoms with Crippen LogP contribution in [0.5, 0.6) is 0 Å². The van der Waals surface area contributed by atoms with Gasteiger partial charge in [-0.2, -0.15) is 5.26 Å². The molecule has 1 aromatic carbocycles. The smallest absolute Gasteiger partial charge is 0.414 e. The van der Waals surface area contributed by atoms with Crippen molar-refractivity contribution in [3.63, 3.8) is 0 Å². The van der Waals surface area contributed by atoms with Gasteiger partial charge < -0.3 is 9.84 Å². The van der Waals surface area contributed by atoms with Crippen molar-refractivity contribution in [1.82, 2.24) is 15.3 Å². The molecule has 1 saturated carbocycles. The number of aromatic nitrogens is 2. The Hall–Kier alpha value is -3.02. The standard InChI is InChI=1S/C19H19N5O3/c20-12-19(5-6-19)13-1-3-14(4-2-13)24-11-15(27-18(24)26)9-23-17(25)16-10-21-7-8-22-16/h1-4,7-8,10,15,17,23,25H,5-6,9,11H2. The maximum Gasteiger partial charge on any atom is 0.414 e. The largest absolute Gasteiger partial charge is 0.443 e. The molecule has 138 valence electrons. The second-order valence-electron chi connectivity index (χ2n) is 6.80. The molecule has 2 aliphatic rings. The summed E-state index contributed by atoms with van der Waals surface area (Å²) in [4.78, 5) is 21.7. The average molecular weight is 365 g/mol. The maximum atomic E-state index is 12.2. The lowest BCUT2D eigenvalue weighted by Gasteiger charge is -2.16. The summed E-state index contributed by atoms with van der Waals surface area (Å²) in [5.41, 5.74) is 1.79. The molecule has 1 saturated heterocycles. The molecule has 0 bridgehead atoms. The zero-order valence-corrected chi connectivity index (χ0v) is 14.6. The number of ether oxygens (including phenoxy) is 1. The molecule has 1 amide bonds. The van der Waals surface area contributed by atoms with Crippen LogP contribution < -0.4 is 10.2 Å². The van der Waals surface area contributed by atoms with Crippen molar-refractivity contribution in [2.24, 2.45) is 0 Å². The van der Waals surface area contributed by atoms with E-state index >= 15 is 0 Å². The number of aliphatic hydroxyl groups is 1. The Balaban J connectivity index is 1.36. The fourth-order valence-corrected chi connectivity index (χ4v) is 3.19. The highest BCUT2D eigenvalue weighted by atomic mass is 16.6. The van der Waals surface area contributed by atoms with Gasteiger partial charge in [-0.25, -0.2) is 4.79 Å². The van der Waals surface area contributed by atoms with Crippen molar-refractivity contribution in [1.29, 1.82) is 5.26 Å². The monoisotopic (exact) mass is 365 g/mol. The minimum Gasteiger partial charge on any atom is -0.443 e. The SMILES string of the molecule is N#CC1(c2ccc(N3CC(CNC(O)c4cnccn4)OC3=O)cc2)CC1. The Morgan fingerprint density at radius 3 is 2.78 bits per heavy atom. The third-order valence-corrected chi connectivity index (χ3v) is 4.97. The number of hydrogen-bond donors (Lipinski definition) is 2. The summed E-state index contributed by atoms with van der Waals surface area (Å²) in [5, 5.41) is 22.2. The first-order chi connectivity index (χ1) is 13.1. The number of benzene rings is 1. The number of carbonyl (C=O) groups is 1. The van der Waals surface area contributed by atoms with E-state index in [0.29, 0.717) is 12.2 Å². The fraction of sp³-hybridized carbons (Fsp3) is 0.368. The van der Waals surface area contributed by atoms with Gasteiger partial charge in [-0.05, 0) is 30.5 Å². The molecular formula is C19H19N5O3. The van der Waals surface area contributed by atoms with Crippen molar-refractivity contribution in [2.75, 3.05) is 18.0 Å². The lowest BCUT2D eigenvalue weighted by Crippen LogP contribution is -2.33. The first-order valence-electron chi connectivity index (χ1n) is 8.79. The number of nitrogens with zero attached hydrogens (tertiary/aromatic N) is 4. The predicted octanol–water partition coefficient (Wildman–Crippen LogP) is 1.64. The van der Waals surface area contributed by atoms with E-state index < -0.39 is 18.4 Å². The van der Waals surface area contributed by atoms with E-state index in [1.807, 2.05) is 24.3 Å². The van der Waals surface area contributed by atoms with Crippen LogP contribution in [0, 0.1) is 11.3 Å². The van der Waals surface area contributed by atoms with E-state index in [-0.39, 0.29) is 12.0 Å². The van der Waals surface area contributed by atoms with Crippen molar-refractivity contribution in [3.8, 4) is 6.07 Å². The Labute approximate surface area is 156 Å². The number of amides is 1. The molecule has 1 aliphatic carbocycles. The summed E-state index contributed by atoms with van der Waals surface area (Å²) >= 11 is 0. The van der Waals surface area contributed by atoms with Crippen molar-refractivity contribution < 1.29 is 14.6 Å². The van der Waals surface area contributed by atoms with E-state index in [1.54, 1.807) is 4.90 Å². The molecule has 2 atom stereocenters. The number of cyclic esters (lactones) is 1. The molecule has 27 heavy (non-hydrogen) atoms.